The van der Waals surface area contributed by atoms with E-state index in [0.29, 0.717) is 31.1 Å². The molecule has 1 spiro atoms. The van der Waals surface area contributed by atoms with Gasteiger partial charge in [0.2, 0.25) is 5.91 Å². The molecule has 5 nitrogen and oxygen atoms in total. The summed E-state index contributed by atoms with van der Waals surface area (Å²) in [6.45, 7) is 4.78. The van der Waals surface area contributed by atoms with E-state index in [9.17, 15) is 4.79 Å². The second-order valence-corrected chi connectivity index (χ2v) is 6.10. The third-order valence-electron chi connectivity index (χ3n) is 4.89. The molecule has 2 heterocycles. The zero-order valence-corrected chi connectivity index (χ0v) is 12.9. The number of nitrogens with zero attached hydrogens (tertiary/aromatic N) is 1. The Kier molecular flexibility index (Phi) is 5.29. The summed E-state index contributed by atoms with van der Waals surface area (Å²) in [4.78, 5) is 14.6. The number of carbonyl (C=O) groups is 1. The van der Waals surface area contributed by atoms with Crippen LogP contribution in [0, 0.1) is 11.3 Å². The zero-order valence-electron chi connectivity index (χ0n) is 12.1. The van der Waals surface area contributed by atoms with Crippen molar-refractivity contribution in [2.75, 3.05) is 46.5 Å². The minimum absolute atomic E-state index is 0. The standard InChI is InChI=1S/C14H24N2O3.ClH/c1-18-10-11-9-16(6-7-19-11)13(17)12-8-14(12)2-4-15-5-3-14;/h11-12,15H,2-10H2,1H3;1H. The molecule has 3 fully saturated rings. The number of nitrogens with one attached hydrogen (secondary N) is 1. The van der Waals surface area contributed by atoms with Crippen LogP contribution in [0.2, 0.25) is 0 Å². The average Bonchev–Trinajstić information content (AvgIpc) is 3.13. The normalized spacial score (nSPS) is 31.8. The first kappa shape index (κ1) is 16.0. The number of hydrogen-bond donors (Lipinski definition) is 1. The summed E-state index contributed by atoms with van der Waals surface area (Å²) in [6.07, 6.45) is 3.47. The number of carbonyl (C=O) groups excluding carboxylic acids is 1. The lowest BCUT2D eigenvalue weighted by molar-refractivity contribution is -0.143. The Bertz CT molecular complexity index is 345. The second kappa shape index (κ2) is 6.60. The molecule has 2 atom stereocenters. The van der Waals surface area contributed by atoms with E-state index in [0.717, 1.165) is 38.9 Å². The maximum absolute atomic E-state index is 12.6. The van der Waals surface area contributed by atoms with E-state index < -0.39 is 0 Å². The van der Waals surface area contributed by atoms with Crippen LogP contribution in [-0.4, -0.2) is 63.4 Å². The molecule has 3 rings (SSSR count). The van der Waals surface area contributed by atoms with Crippen molar-refractivity contribution in [2.24, 2.45) is 11.3 Å². The van der Waals surface area contributed by atoms with Crippen LogP contribution in [0.4, 0.5) is 0 Å². The summed E-state index contributed by atoms with van der Waals surface area (Å²) in [5.74, 6) is 0.627. The zero-order chi connectivity index (χ0) is 13.3. The van der Waals surface area contributed by atoms with Crippen LogP contribution in [0.3, 0.4) is 0 Å². The smallest absolute Gasteiger partial charge is 0.226 e. The van der Waals surface area contributed by atoms with Crippen molar-refractivity contribution >= 4 is 18.3 Å². The molecule has 1 N–H and O–H groups in total. The number of methoxy groups -OCH3 is 1. The van der Waals surface area contributed by atoms with Crippen molar-refractivity contribution in [1.82, 2.24) is 10.2 Å². The molecule has 2 saturated heterocycles. The highest BCUT2D eigenvalue weighted by atomic mass is 35.5. The first-order valence-corrected chi connectivity index (χ1v) is 7.35. The van der Waals surface area contributed by atoms with E-state index in [2.05, 4.69) is 5.32 Å². The van der Waals surface area contributed by atoms with E-state index in [1.807, 2.05) is 4.90 Å². The molecule has 0 aromatic heterocycles. The van der Waals surface area contributed by atoms with Crippen molar-refractivity contribution in [2.45, 2.75) is 25.4 Å². The van der Waals surface area contributed by atoms with Gasteiger partial charge in [-0.05, 0) is 37.8 Å². The van der Waals surface area contributed by atoms with E-state index >= 15 is 0 Å². The molecule has 6 heteroatoms. The van der Waals surface area contributed by atoms with Crippen LogP contribution in [-0.2, 0) is 14.3 Å². The summed E-state index contributed by atoms with van der Waals surface area (Å²) in [7, 11) is 1.68. The van der Waals surface area contributed by atoms with Crippen molar-refractivity contribution in [3.05, 3.63) is 0 Å². The highest BCUT2D eigenvalue weighted by Gasteiger charge is 2.58. The first-order valence-electron chi connectivity index (χ1n) is 7.35. The predicted molar refractivity (Wildman–Crippen MR) is 78.1 cm³/mol. The minimum atomic E-state index is 0. The predicted octanol–water partition coefficient (Wildman–Crippen LogP) is 0.672. The fraction of sp³-hybridized carbons (Fsp3) is 0.929. The third kappa shape index (κ3) is 3.11. The molecule has 3 aliphatic rings. The monoisotopic (exact) mass is 304 g/mol. The Morgan fingerprint density at radius 3 is 2.90 bits per heavy atom. The Labute approximate surface area is 126 Å². The van der Waals surface area contributed by atoms with Crippen LogP contribution < -0.4 is 5.32 Å². The Morgan fingerprint density at radius 1 is 1.45 bits per heavy atom. The number of amides is 1. The SMILES string of the molecule is COCC1CN(C(=O)C2CC23CCNCC3)CCO1.Cl. The number of rotatable bonds is 3. The Morgan fingerprint density at radius 2 is 2.20 bits per heavy atom. The van der Waals surface area contributed by atoms with Crippen molar-refractivity contribution in [3.63, 3.8) is 0 Å². The molecule has 2 unspecified atom stereocenters. The van der Waals surface area contributed by atoms with Gasteiger partial charge in [-0.1, -0.05) is 0 Å². The number of halogens is 1. The van der Waals surface area contributed by atoms with E-state index in [-0.39, 0.29) is 24.4 Å². The molecule has 1 saturated carbocycles. The second-order valence-electron chi connectivity index (χ2n) is 6.10. The van der Waals surface area contributed by atoms with Crippen molar-refractivity contribution in [1.29, 1.82) is 0 Å². The van der Waals surface area contributed by atoms with Gasteiger partial charge >= 0.3 is 0 Å². The summed E-state index contributed by atoms with van der Waals surface area (Å²) in [5, 5.41) is 3.38. The van der Waals surface area contributed by atoms with Crippen molar-refractivity contribution in [3.8, 4) is 0 Å². The van der Waals surface area contributed by atoms with E-state index in [1.54, 1.807) is 7.11 Å². The molecular formula is C14H25ClN2O3. The molecule has 116 valence electrons. The third-order valence-corrected chi connectivity index (χ3v) is 4.89. The van der Waals surface area contributed by atoms with Crippen LogP contribution in [0.15, 0.2) is 0 Å². The molecule has 0 bridgehead atoms. The van der Waals surface area contributed by atoms with Gasteiger partial charge in [-0.15, -0.1) is 12.4 Å². The van der Waals surface area contributed by atoms with Crippen LogP contribution in [0.1, 0.15) is 19.3 Å². The summed E-state index contributed by atoms with van der Waals surface area (Å²) in [5.41, 5.74) is 0.331. The van der Waals surface area contributed by atoms with Gasteiger partial charge in [0.05, 0.1) is 19.3 Å². The molecule has 0 radical (unpaired) electrons. The number of hydrogen-bond acceptors (Lipinski definition) is 4. The minimum Gasteiger partial charge on any atom is -0.382 e. The van der Waals surface area contributed by atoms with Crippen LogP contribution in [0.5, 0.6) is 0 Å². The van der Waals surface area contributed by atoms with Gasteiger partial charge < -0.3 is 19.7 Å². The Balaban J connectivity index is 0.00000147. The molecular weight excluding hydrogens is 280 g/mol. The van der Waals surface area contributed by atoms with Gasteiger partial charge in [-0.25, -0.2) is 0 Å². The first-order chi connectivity index (χ1) is 9.25. The number of morpholine rings is 1. The molecule has 1 aliphatic carbocycles. The summed E-state index contributed by atoms with van der Waals surface area (Å²) >= 11 is 0. The molecule has 1 amide bonds. The molecule has 0 aromatic rings. The van der Waals surface area contributed by atoms with Crippen molar-refractivity contribution < 1.29 is 14.3 Å². The lowest BCUT2D eigenvalue weighted by atomic mass is 9.91. The van der Waals surface area contributed by atoms with E-state index in [1.165, 1.54) is 0 Å². The number of ether oxygens (including phenoxy) is 2. The fourth-order valence-corrected chi connectivity index (χ4v) is 3.60. The molecule has 0 aromatic carbocycles. The van der Waals surface area contributed by atoms with E-state index in [4.69, 9.17) is 9.47 Å². The molecule has 2 aliphatic heterocycles. The average molecular weight is 305 g/mol. The lowest BCUT2D eigenvalue weighted by Crippen LogP contribution is -2.48. The van der Waals surface area contributed by atoms with Crippen LogP contribution in [0.25, 0.3) is 0 Å². The van der Waals surface area contributed by atoms with Gasteiger partial charge in [-0.3, -0.25) is 4.79 Å². The maximum Gasteiger partial charge on any atom is 0.226 e. The highest BCUT2D eigenvalue weighted by molar-refractivity contribution is 5.85. The van der Waals surface area contributed by atoms with Gasteiger partial charge in [0.15, 0.2) is 0 Å². The molecule has 20 heavy (non-hydrogen) atoms. The quantitative estimate of drug-likeness (QED) is 0.833. The number of piperidine rings is 1. The van der Waals surface area contributed by atoms with Gasteiger partial charge in [0.1, 0.15) is 0 Å². The highest BCUT2D eigenvalue weighted by Crippen LogP contribution is 2.59. The maximum atomic E-state index is 12.6. The Hall–Kier alpha value is -0.360. The summed E-state index contributed by atoms with van der Waals surface area (Å²) in [6, 6.07) is 0. The van der Waals surface area contributed by atoms with Gasteiger partial charge in [0.25, 0.3) is 0 Å². The van der Waals surface area contributed by atoms with Gasteiger partial charge in [-0.2, -0.15) is 0 Å². The van der Waals surface area contributed by atoms with Gasteiger partial charge in [0, 0.05) is 26.1 Å². The largest absolute Gasteiger partial charge is 0.382 e. The summed E-state index contributed by atoms with van der Waals surface area (Å²) < 4.78 is 10.7. The van der Waals surface area contributed by atoms with Crippen LogP contribution >= 0.6 is 12.4 Å². The lowest BCUT2D eigenvalue weighted by Gasteiger charge is -2.33. The topological polar surface area (TPSA) is 50.8 Å². The fourth-order valence-electron chi connectivity index (χ4n) is 3.60.